The van der Waals surface area contributed by atoms with E-state index >= 15 is 0 Å². The Balaban J connectivity index is 1.83. The molecule has 0 aliphatic carbocycles. The van der Waals surface area contributed by atoms with Gasteiger partial charge in [-0.05, 0) is 55.0 Å². The van der Waals surface area contributed by atoms with Gasteiger partial charge in [-0.15, -0.1) is 0 Å². The van der Waals surface area contributed by atoms with Crippen molar-refractivity contribution in [3.05, 3.63) is 54.1 Å². The first-order chi connectivity index (χ1) is 19.2. The molecule has 1 aliphatic heterocycles. The first kappa shape index (κ1) is 31.1. The van der Waals surface area contributed by atoms with E-state index in [1.807, 2.05) is 48.2 Å². The predicted octanol–water partition coefficient (Wildman–Crippen LogP) is 6.29. The molecule has 2 aromatic rings. The van der Waals surface area contributed by atoms with E-state index in [-0.39, 0.29) is 11.8 Å². The highest BCUT2D eigenvalue weighted by molar-refractivity contribution is 5.99. The van der Waals surface area contributed by atoms with Gasteiger partial charge in [-0.3, -0.25) is 9.59 Å². The highest BCUT2D eigenvalue weighted by Crippen LogP contribution is 2.41. The van der Waals surface area contributed by atoms with Crippen molar-refractivity contribution in [2.24, 2.45) is 0 Å². The molecule has 1 aliphatic rings. The number of rotatable bonds is 14. The van der Waals surface area contributed by atoms with Crippen molar-refractivity contribution in [2.45, 2.75) is 77.3 Å². The van der Waals surface area contributed by atoms with Crippen LogP contribution < -0.4 is 14.2 Å². The van der Waals surface area contributed by atoms with Crippen LogP contribution >= 0.6 is 0 Å². The number of benzene rings is 2. The summed E-state index contributed by atoms with van der Waals surface area (Å²) in [6, 6.07) is 11.3. The van der Waals surface area contributed by atoms with Gasteiger partial charge in [0.25, 0.3) is 0 Å². The summed E-state index contributed by atoms with van der Waals surface area (Å²) in [5.41, 5.74) is 2.06. The SMILES string of the molecule is CCCCC/C=C/CN1C(=O)C(Cc2ccc(-c3cc(OC)c(OC)c(OC)c3)cc2)N(C)C(=O)[C@@]1(C)CCC. The summed E-state index contributed by atoms with van der Waals surface area (Å²) in [4.78, 5) is 31.0. The van der Waals surface area contributed by atoms with Crippen molar-refractivity contribution >= 4 is 11.8 Å². The maximum Gasteiger partial charge on any atom is 0.248 e. The summed E-state index contributed by atoms with van der Waals surface area (Å²) in [6.07, 6.45) is 10.6. The Hall–Kier alpha value is -3.48. The Bertz CT molecular complexity index is 1150. The van der Waals surface area contributed by atoms with Crippen LogP contribution in [0.5, 0.6) is 17.2 Å². The van der Waals surface area contributed by atoms with Crippen LogP contribution in [0.2, 0.25) is 0 Å². The minimum atomic E-state index is -0.832. The van der Waals surface area contributed by atoms with Crippen LogP contribution in [0.15, 0.2) is 48.6 Å². The van der Waals surface area contributed by atoms with E-state index in [1.54, 1.807) is 33.3 Å². The van der Waals surface area contributed by atoms with Crippen molar-refractivity contribution in [1.29, 1.82) is 0 Å². The number of carbonyl (C=O) groups is 2. The van der Waals surface area contributed by atoms with Crippen LogP contribution in [-0.4, -0.2) is 68.1 Å². The molecule has 2 atom stereocenters. The van der Waals surface area contributed by atoms with Gasteiger partial charge in [-0.1, -0.05) is 69.5 Å². The van der Waals surface area contributed by atoms with E-state index in [0.717, 1.165) is 36.0 Å². The molecule has 2 aromatic carbocycles. The smallest absolute Gasteiger partial charge is 0.248 e. The third-order valence-corrected chi connectivity index (χ3v) is 7.94. The molecule has 7 nitrogen and oxygen atoms in total. The number of amides is 2. The second-order valence-electron chi connectivity index (χ2n) is 10.7. The standard InChI is InChI=1S/C33H46N2O5/c1-8-10-11-12-13-14-20-35-31(36)27(34(4)32(37)33(35,3)19-9-2)21-24-15-17-25(18-16-24)26-22-28(38-5)30(40-7)29(23-26)39-6/h13-18,22-23,27H,8-12,19-21H2,1-7H3/b14-13+/t27?,33-/m1/s1. The van der Waals surface area contributed by atoms with Crippen molar-refractivity contribution in [1.82, 2.24) is 9.80 Å². The van der Waals surface area contributed by atoms with Gasteiger partial charge in [0.2, 0.25) is 17.6 Å². The van der Waals surface area contributed by atoms with Crippen molar-refractivity contribution in [3.63, 3.8) is 0 Å². The monoisotopic (exact) mass is 550 g/mol. The molecule has 1 heterocycles. The molecular weight excluding hydrogens is 504 g/mol. The topological polar surface area (TPSA) is 68.3 Å². The quantitative estimate of drug-likeness (QED) is 0.204. The number of hydrogen-bond acceptors (Lipinski definition) is 5. The lowest BCUT2D eigenvalue weighted by atomic mass is 9.86. The van der Waals surface area contributed by atoms with Gasteiger partial charge in [0, 0.05) is 20.0 Å². The van der Waals surface area contributed by atoms with Crippen LogP contribution in [0.1, 0.15) is 64.9 Å². The summed E-state index contributed by atoms with van der Waals surface area (Å²) in [5.74, 6) is 1.73. The molecule has 0 spiro atoms. The van der Waals surface area contributed by atoms with Crippen LogP contribution in [0.25, 0.3) is 11.1 Å². The minimum absolute atomic E-state index is 0.00459. The molecule has 0 bridgehead atoms. The van der Waals surface area contributed by atoms with Crippen LogP contribution in [0, 0.1) is 0 Å². The van der Waals surface area contributed by atoms with E-state index in [4.69, 9.17) is 14.2 Å². The van der Waals surface area contributed by atoms with Gasteiger partial charge >= 0.3 is 0 Å². The van der Waals surface area contributed by atoms with E-state index in [1.165, 1.54) is 12.8 Å². The van der Waals surface area contributed by atoms with Crippen LogP contribution in [0.3, 0.4) is 0 Å². The van der Waals surface area contributed by atoms with Crippen molar-refractivity contribution in [3.8, 4) is 28.4 Å². The fourth-order valence-corrected chi connectivity index (χ4v) is 5.58. The molecule has 3 rings (SSSR count). The average molecular weight is 551 g/mol. The zero-order valence-corrected chi connectivity index (χ0v) is 25.3. The second kappa shape index (κ2) is 14.2. The summed E-state index contributed by atoms with van der Waals surface area (Å²) in [7, 11) is 6.54. The first-order valence-corrected chi connectivity index (χ1v) is 14.4. The molecule has 0 N–H and O–H groups in total. The van der Waals surface area contributed by atoms with Crippen molar-refractivity contribution < 1.29 is 23.8 Å². The number of methoxy groups -OCH3 is 3. The molecule has 1 unspecified atom stereocenters. The minimum Gasteiger partial charge on any atom is -0.493 e. The number of ether oxygens (including phenoxy) is 3. The molecule has 1 fully saturated rings. The molecule has 2 amide bonds. The summed E-state index contributed by atoms with van der Waals surface area (Å²) < 4.78 is 16.5. The van der Waals surface area contributed by atoms with Gasteiger partial charge in [0.15, 0.2) is 11.5 Å². The molecule has 0 aromatic heterocycles. The van der Waals surface area contributed by atoms with E-state index in [9.17, 15) is 9.59 Å². The molecule has 218 valence electrons. The molecule has 0 saturated carbocycles. The number of hydrogen-bond donors (Lipinski definition) is 0. The number of piperazine rings is 1. The molecular formula is C33H46N2O5. The lowest BCUT2D eigenvalue weighted by Gasteiger charge is -2.49. The van der Waals surface area contributed by atoms with Crippen LogP contribution in [0.4, 0.5) is 0 Å². The lowest BCUT2D eigenvalue weighted by Crippen LogP contribution is -2.69. The number of allylic oxidation sites excluding steroid dienone is 1. The molecule has 0 radical (unpaired) electrons. The average Bonchev–Trinajstić information content (AvgIpc) is 2.97. The van der Waals surface area contributed by atoms with E-state index < -0.39 is 11.6 Å². The Morgan fingerprint density at radius 1 is 0.875 bits per heavy atom. The maximum absolute atomic E-state index is 13.9. The normalized spacial score (nSPS) is 19.4. The fourth-order valence-electron chi connectivity index (χ4n) is 5.58. The highest BCUT2D eigenvalue weighted by atomic mass is 16.5. The zero-order chi connectivity index (χ0) is 29.3. The van der Waals surface area contributed by atoms with Gasteiger partial charge < -0.3 is 24.0 Å². The van der Waals surface area contributed by atoms with Gasteiger partial charge in [0.1, 0.15) is 11.6 Å². The van der Waals surface area contributed by atoms with Gasteiger partial charge in [0.05, 0.1) is 21.3 Å². The number of nitrogens with zero attached hydrogens (tertiary/aromatic N) is 2. The van der Waals surface area contributed by atoms with Crippen LogP contribution in [-0.2, 0) is 16.0 Å². The molecule has 40 heavy (non-hydrogen) atoms. The Labute approximate surface area is 240 Å². The fraction of sp³-hybridized carbons (Fsp3) is 0.515. The summed E-state index contributed by atoms with van der Waals surface area (Å²) in [6.45, 7) is 6.62. The molecule has 7 heteroatoms. The molecule has 1 saturated heterocycles. The summed E-state index contributed by atoms with van der Waals surface area (Å²) in [5, 5.41) is 0. The predicted molar refractivity (Wildman–Crippen MR) is 160 cm³/mol. The summed E-state index contributed by atoms with van der Waals surface area (Å²) >= 11 is 0. The third kappa shape index (κ3) is 6.62. The Kier molecular flexibility index (Phi) is 11.1. The van der Waals surface area contributed by atoms with Gasteiger partial charge in [-0.25, -0.2) is 0 Å². The Morgan fingerprint density at radius 3 is 2.08 bits per heavy atom. The number of unbranched alkanes of at least 4 members (excludes halogenated alkanes) is 3. The lowest BCUT2D eigenvalue weighted by molar-refractivity contribution is -0.167. The Morgan fingerprint density at radius 2 is 1.52 bits per heavy atom. The number of likely N-dealkylation sites (N-methyl/N-ethyl adjacent to an activating group) is 1. The van der Waals surface area contributed by atoms with E-state index in [2.05, 4.69) is 26.0 Å². The van der Waals surface area contributed by atoms with Gasteiger partial charge in [-0.2, -0.15) is 0 Å². The van der Waals surface area contributed by atoms with E-state index in [0.29, 0.717) is 36.6 Å². The highest BCUT2D eigenvalue weighted by Gasteiger charge is 2.51. The first-order valence-electron chi connectivity index (χ1n) is 14.4. The number of carbonyl (C=O) groups excluding carboxylic acids is 2. The third-order valence-electron chi connectivity index (χ3n) is 7.94. The second-order valence-corrected chi connectivity index (χ2v) is 10.7. The maximum atomic E-state index is 13.9. The van der Waals surface area contributed by atoms with Crippen molar-refractivity contribution in [2.75, 3.05) is 34.9 Å². The largest absolute Gasteiger partial charge is 0.493 e. The zero-order valence-electron chi connectivity index (χ0n) is 25.3.